The van der Waals surface area contributed by atoms with Crippen LogP contribution < -0.4 is 5.32 Å². The first kappa shape index (κ1) is 16.8. The summed E-state index contributed by atoms with van der Waals surface area (Å²) < 4.78 is 0. The van der Waals surface area contributed by atoms with Gasteiger partial charge in [-0.05, 0) is 44.2 Å². The Morgan fingerprint density at radius 1 is 1.08 bits per heavy atom. The van der Waals surface area contributed by atoms with Crippen LogP contribution in [0.15, 0.2) is 24.3 Å². The average Bonchev–Trinajstić information content (AvgIpc) is 3.34. The molecule has 2 atom stereocenters. The van der Waals surface area contributed by atoms with E-state index in [0.717, 1.165) is 6.42 Å². The van der Waals surface area contributed by atoms with Gasteiger partial charge in [0.1, 0.15) is 0 Å². The summed E-state index contributed by atoms with van der Waals surface area (Å²) in [6.07, 6.45) is 0.956. The van der Waals surface area contributed by atoms with Gasteiger partial charge < -0.3 is 15.1 Å². The Morgan fingerprint density at radius 2 is 1.71 bits per heavy atom. The lowest BCUT2D eigenvalue weighted by Crippen LogP contribution is -2.54. The maximum Gasteiger partial charge on any atom is 0.317 e. The molecule has 5 nitrogen and oxygen atoms in total. The summed E-state index contributed by atoms with van der Waals surface area (Å²) in [4.78, 5) is 28.5. The molecule has 5 heteroatoms. The Balaban J connectivity index is 1.52. The summed E-state index contributed by atoms with van der Waals surface area (Å²) in [5, 5.41) is 2.91. The first-order valence-corrected chi connectivity index (χ1v) is 8.87. The molecule has 130 valence electrons. The second-order valence-electron chi connectivity index (χ2n) is 7.22. The average molecular weight is 329 g/mol. The van der Waals surface area contributed by atoms with E-state index in [9.17, 15) is 9.59 Å². The van der Waals surface area contributed by atoms with Crippen molar-refractivity contribution in [2.45, 2.75) is 39.2 Å². The Bertz CT molecular complexity index is 621. The lowest BCUT2D eigenvalue weighted by molar-refractivity contribution is -0.134. The van der Waals surface area contributed by atoms with Crippen LogP contribution in [0, 0.1) is 12.8 Å². The fraction of sp³-hybridized carbons (Fsp3) is 0.579. The molecule has 2 aliphatic rings. The molecule has 1 heterocycles. The van der Waals surface area contributed by atoms with Gasteiger partial charge in [-0.2, -0.15) is 0 Å². The van der Waals surface area contributed by atoms with Crippen molar-refractivity contribution in [2.24, 2.45) is 5.92 Å². The van der Waals surface area contributed by atoms with Gasteiger partial charge in [-0.25, -0.2) is 4.79 Å². The molecule has 1 aliphatic carbocycles. The molecule has 0 radical (unpaired) electrons. The van der Waals surface area contributed by atoms with Gasteiger partial charge in [-0.15, -0.1) is 0 Å². The van der Waals surface area contributed by atoms with Crippen LogP contribution in [0.1, 0.15) is 37.3 Å². The number of rotatable bonds is 3. The van der Waals surface area contributed by atoms with Crippen LogP contribution in [0.3, 0.4) is 0 Å². The van der Waals surface area contributed by atoms with Crippen LogP contribution in [-0.2, 0) is 4.79 Å². The summed E-state index contributed by atoms with van der Waals surface area (Å²) in [7, 11) is 0. The topological polar surface area (TPSA) is 52.7 Å². The van der Waals surface area contributed by atoms with Crippen LogP contribution in [0.25, 0.3) is 0 Å². The van der Waals surface area contributed by atoms with Crippen LogP contribution >= 0.6 is 0 Å². The van der Waals surface area contributed by atoms with Crippen molar-refractivity contribution >= 4 is 11.9 Å². The van der Waals surface area contributed by atoms with Gasteiger partial charge >= 0.3 is 6.03 Å². The number of nitrogens with zero attached hydrogens (tertiary/aromatic N) is 2. The van der Waals surface area contributed by atoms with Gasteiger partial charge in [-0.3, -0.25) is 4.79 Å². The van der Waals surface area contributed by atoms with E-state index in [0.29, 0.717) is 32.1 Å². The van der Waals surface area contributed by atoms with E-state index in [1.54, 1.807) is 4.90 Å². The highest BCUT2D eigenvalue weighted by atomic mass is 16.2. The molecule has 1 aromatic carbocycles. The molecule has 1 saturated carbocycles. The molecule has 0 bridgehead atoms. The summed E-state index contributed by atoms with van der Waals surface area (Å²) in [5.41, 5.74) is 2.58. The van der Waals surface area contributed by atoms with Gasteiger partial charge in [0.05, 0.1) is 0 Å². The summed E-state index contributed by atoms with van der Waals surface area (Å²) >= 11 is 0. The Labute approximate surface area is 144 Å². The third-order valence-electron chi connectivity index (χ3n) is 4.99. The first-order valence-electron chi connectivity index (χ1n) is 8.87. The largest absolute Gasteiger partial charge is 0.339 e. The molecule has 1 saturated heterocycles. The summed E-state index contributed by atoms with van der Waals surface area (Å²) in [5.74, 6) is 0.760. The SMILES string of the molecule is Cc1ccccc1[C@@H]1C[C@H]1C(=O)N1CCN(C(=O)NC(C)C)CC1. The molecular formula is C19H27N3O2. The number of nitrogens with one attached hydrogen (secondary N) is 1. The maximum atomic E-state index is 12.7. The molecule has 3 amide bonds. The molecular weight excluding hydrogens is 302 g/mol. The standard InChI is InChI=1S/C19H27N3O2/c1-13(2)20-19(24)22-10-8-21(9-11-22)18(23)17-12-16(17)15-7-5-4-6-14(15)3/h4-7,13,16-17H,8-12H2,1-3H3,(H,20,24)/t16-,17+/m0/s1. The van der Waals surface area contributed by atoms with Crippen LogP contribution in [0.2, 0.25) is 0 Å². The molecule has 24 heavy (non-hydrogen) atoms. The molecule has 3 rings (SSSR count). The van der Waals surface area contributed by atoms with Crippen molar-refractivity contribution in [3.05, 3.63) is 35.4 Å². The van der Waals surface area contributed by atoms with Crippen molar-refractivity contribution in [1.29, 1.82) is 0 Å². The summed E-state index contributed by atoms with van der Waals surface area (Å²) in [6, 6.07) is 8.45. The van der Waals surface area contributed by atoms with Gasteiger partial charge in [0.15, 0.2) is 0 Å². The number of aryl methyl sites for hydroxylation is 1. The highest BCUT2D eigenvalue weighted by molar-refractivity contribution is 5.83. The van der Waals surface area contributed by atoms with E-state index in [1.807, 2.05) is 30.9 Å². The minimum atomic E-state index is -0.0266. The molecule has 1 N–H and O–H groups in total. The van der Waals surface area contributed by atoms with E-state index in [4.69, 9.17) is 0 Å². The zero-order valence-electron chi connectivity index (χ0n) is 14.8. The molecule has 0 spiro atoms. The van der Waals surface area contributed by atoms with Crippen LogP contribution in [0.5, 0.6) is 0 Å². The highest BCUT2D eigenvalue weighted by Gasteiger charge is 2.46. The normalized spacial score (nSPS) is 23.3. The highest BCUT2D eigenvalue weighted by Crippen LogP contribution is 2.49. The smallest absolute Gasteiger partial charge is 0.317 e. The van der Waals surface area contributed by atoms with Crippen molar-refractivity contribution in [3.63, 3.8) is 0 Å². The zero-order chi connectivity index (χ0) is 17.3. The van der Waals surface area contributed by atoms with Crippen molar-refractivity contribution in [1.82, 2.24) is 15.1 Å². The number of hydrogen-bond donors (Lipinski definition) is 1. The molecule has 0 unspecified atom stereocenters. The lowest BCUT2D eigenvalue weighted by atomic mass is 10.0. The number of benzene rings is 1. The van der Waals surface area contributed by atoms with Crippen molar-refractivity contribution < 1.29 is 9.59 Å². The lowest BCUT2D eigenvalue weighted by Gasteiger charge is -2.35. The van der Waals surface area contributed by atoms with E-state index < -0.39 is 0 Å². The zero-order valence-corrected chi connectivity index (χ0v) is 14.8. The number of urea groups is 1. The number of hydrogen-bond acceptors (Lipinski definition) is 2. The van der Waals surface area contributed by atoms with Crippen LogP contribution in [0.4, 0.5) is 4.79 Å². The van der Waals surface area contributed by atoms with Gasteiger partial charge in [0.25, 0.3) is 0 Å². The quantitative estimate of drug-likeness (QED) is 0.925. The first-order chi connectivity index (χ1) is 11.5. The number of carbonyl (C=O) groups is 2. The minimum absolute atomic E-state index is 0.0266. The van der Waals surface area contributed by atoms with E-state index >= 15 is 0 Å². The van der Waals surface area contributed by atoms with Crippen LogP contribution in [-0.4, -0.2) is 54.0 Å². The Hall–Kier alpha value is -2.04. The van der Waals surface area contributed by atoms with E-state index in [1.165, 1.54) is 11.1 Å². The third-order valence-corrected chi connectivity index (χ3v) is 4.99. The molecule has 0 aromatic heterocycles. The van der Waals surface area contributed by atoms with Gasteiger partial charge in [-0.1, -0.05) is 24.3 Å². The van der Waals surface area contributed by atoms with E-state index in [2.05, 4.69) is 24.4 Å². The Morgan fingerprint density at radius 3 is 2.33 bits per heavy atom. The molecule has 1 aromatic rings. The second kappa shape index (κ2) is 6.83. The van der Waals surface area contributed by atoms with Crippen molar-refractivity contribution in [3.8, 4) is 0 Å². The molecule has 2 fully saturated rings. The predicted octanol–water partition coefficient (Wildman–Crippen LogP) is 2.36. The maximum absolute atomic E-state index is 12.7. The Kier molecular flexibility index (Phi) is 4.78. The number of amides is 3. The fourth-order valence-electron chi connectivity index (χ4n) is 3.52. The summed E-state index contributed by atoms with van der Waals surface area (Å²) in [6.45, 7) is 8.54. The van der Waals surface area contributed by atoms with Gasteiger partial charge in [0.2, 0.25) is 5.91 Å². The number of piperazine rings is 1. The third kappa shape index (κ3) is 3.55. The minimum Gasteiger partial charge on any atom is -0.339 e. The van der Waals surface area contributed by atoms with Gasteiger partial charge in [0, 0.05) is 38.1 Å². The predicted molar refractivity (Wildman–Crippen MR) is 93.8 cm³/mol. The molecule has 1 aliphatic heterocycles. The van der Waals surface area contributed by atoms with E-state index in [-0.39, 0.29) is 23.9 Å². The monoisotopic (exact) mass is 329 g/mol. The van der Waals surface area contributed by atoms with Crippen molar-refractivity contribution in [2.75, 3.05) is 26.2 Å². The fourth-order valence-corrected chi connectivity index (χ4v) is 3.52. The second-order valence-corrected chi connectivity index (χ2v) is 7.22. The number of carbonyl (C=O) groups excluding carboxylic acids is 2.